The normalized spacial score (nSPS) is 12.6. The number of methoxy groups -OCH3 is 1. The zero-order valence-corrected chi connectivity index (χ0v) is 10.8. The first-order valence-electron chi connectivity index (χ1n) is 5.92. The summed E-state index contributed by atoms with van der Waals surface area (Å²) in [7, 11) is 1.72. The van der Waals surface area contributed by atoms with Gasteiger partial charge in [0.05, 0.1) is 7.11 Å². The first-order valence-corrected chi connectivity index (χ1v) is 5.92. The molecule has 0 saturated heterocycles. The van der Waals surface area contributed by atoms with E-state index < -0.39 is 0 Å². The summed E-state index contributed by atoms with van der Waals surface area (Å²) < 4.78 is 5.31. The zero-order chi connectivity index (χ0) is 12.1. The van der Waals surface area contributed by atoms with Gasteiger partial charge in [-0.3, -0.25) is 0 Å². The molecule has 0 spiro atoms. The quantitative estimate of drug-likeness (QED) is 0.829. The summed E-state index contributed by atoms with van der Waals surface area (Å²) in [6.07, 6.45) is 2.26. The minimum absolute atomic E-state index is 0.599. The van der Waals surface area contributed by atoms with E-state index >= 15 is 0 Å². The van der Waals surface area contributed by atoms with Gasteiger partial charge in [-0.05, 0) is 61.9 Å². The molecule has 1 aromatic carbocycles. The number of nitrogens with two attached hydrogens (primary N) is 1. The van der Waals surface area contributed by atoms with Gasteiger partial charge in [0.15, 0.2) is 0 Å². The summed E-state index contributed by atoms with van der Waals surface area (Å²) in [6.45, 7) is 7.21. The molecule has 16 heavy (non-hydrogen) atoms. The van der Waals surface area contributed by atoms with Crippen LogP contribution >= 0.6 is 0 Å². The van der Waals surface area contributed by atoms with E-state index in [0.717, 1.165) is 25.1 Å². The maximum Gasteiger partial charge on any atom is 0.122 e. The molecule has 2 nitrogen and oxygen atoms in total. The summed E-state index contributed by atoms with van der Waals surface area (Å²) in [5, 5.41) is 0. The highest BCUT2D eigenvalue weighted by molar-refractivity contribution is 5.41. The van der Waals surface area contributed by atoms with Crippen molar-refractivity contribution >= 4 is 0 Å². The summed E-state index contributed by atoms with van der Waals surface area (Å²) in [5.74, 6) is 1.58. The largest absolute Gasteiger partial charge is 0.496 e. The SMILES string of the molecule is COc1cc(C)c(CCC(C)CN)cc1C. The second-order valence-corrected chi connectivity index (χ2v) is 4.63. The molecule has 0 aliphatic carbocycles. The molecule has 1 aromatic rings. The molecule has 2 N–H and O–H groups in total. The number of aryl methyl sites for hydroxylation is 3. The second kappa shape index (κ2) is 5.90. The Hall–Kier alpha value is -1.02. The highest BCUT2D eigenvalue weighted by atomic mass is 16.5. The molecule has 1 rings (SSSR count). The maximum absolute atomic E-state index is 5.63. The van der Waals surface area contributed by atoms with Crippen LogP contribution in [0.5, 0.6) is 5.75 Å². The maximum atomic E-state index is 5.63. The van der Waals surface area contributed by atoms with Crippen LogP contribution in [0, 0.1) is 19.8 Å². The fraction of sp³-hybridized carbons (Fsp3) is 0.571. The topological polar surface area (TPSA) is 35.2 Å². The summed E-state index contributed by atoms with van der Waals surface area (Å²) in [5.41, 5.74) is 9.57. The number of rotatable bonds is 5. The zero-order valence-electron chi connectivity index (χ0n) is 10.8. The van der Waals surface area contributed by atoms with E-state index in [1.54, 1.807) is 7.11 Å². The van der Waals surface area contributed by atoms with Crippen molar-refractivity contribution in [3.8, 4) is 5.75 Å². The summed E-state index contributed by atoms with van der Waals surface area (Å²) in [6, 6.07) is 4.36. The van der Waals surface area contributed by atoms with Gasteiger partial charge in [-0.1, -0.05) is 13.0 Å². The van der Waals surface area contributed by atoms with Crippen LogP contribution in [0.1, 0.15) is 30.0 Å². The van der Waals surface area contributed by atoms with E-state index in [-0.39, 0.29) is 0 Å². The van der Waals surface area contributed by atoms with E-state index in [1.165, 1.54) is 16.7 Å². The molecule has 90 valence electrons. The molecular formula is C14H23NO. The number of hydrogen-bond acceptors (Lipinski definition) is 2. The lowest BCUT2D eigenvalue weighted by molar-refractivity contribution is 0.411. The molecule has 0 amide bonds. The molecular weight excluding hydrogens is 198 g/mol. The molecule has 0 radical (unpaired) electrons. The number of ether oxygens (including phenoxy) is 1. The van der Waals surface area contributed by atoms with Crippen LogP contribution in [0.25, 0.3) is 0 Å². The van der Waals surface area contributed by atoms with Crippen LogP contribution in [0.3, 0.4) is 0 Å². The Labute approximate surface area is 98.8 Å². The van der Waals surface area contributed by atoms with Crippen molar-refractivity contribution in [1.82, 2.24) is 0 Å². The summed E-state index contributed by atoms with van der Waals surface area (Å²) >= 11 is 0. The van der Waals surface area contributed by atoms with Gasteiger partial charge >= 0.3 is 0 Å². The first kappa shape index (κ1) is 13.0. The fourth-order valence-corrected chi connectivity index (χ4v) is 1.86. The Kier molecular flexibility index (Phi) is 4.81. The van der Waals surface area contributed by atoms with Crippen molar-refractivity contribution in [2.75, 3.05) is 13.7 Å². The third-order valence-electron chi connectivity index (χ3n) is 3.16. The van der Waals surface area contributed by atoms with Gasteiger partial charge in [-0.25, -0.2) is 0 Å². The van der Waals surface area contributed by atoms with E-state index in [9.17, 15) is 0 Å². The van der Waals surface area contributed by atoms with Crippen LogP contribution in [0.4, 0.5) is 0 Å². The fourth-order valence-electron chi connectivity index (χ4n) is 1.86. The average molecular weight is 221 g/mol. The predicted molar refractivity (Wildman–Crippen MR) is 69.0 cm³/mol. The number of hydrogen-bond donors (Lipinski definition) is 1. The highest BCUT2D eigenvalue weighted by Gasteiger charge is 2.06. The summed E-state index contributed by atoms with van der Waals surface area (Å²) in [4.78, 5) is 0. The Morgan fingerprint density at radius 1 is 1.25 bits per heavy atom. The van der Waals surface area contributed by atoms with Crippen molar-refractivity contribution in [2.45, 2.75) is 33.6 Å². The third kappa shape index (κ3) is 3.24. The van der Waals surface area contributed by atoms with E-state index in [4.69, 9.17) is 10.5 Å². The van der Waals surface area contributed by atoms with Crippen molar-refractivity contribution in [3.05, 3.63) is 28.8 Å². The molecule has 0 heterocycles. The molecule has 0 aliphatic rings. The van der Waals surface area contributed by atoms with Crippen LogP contribution in [-0.4, -0.2) is 13.7 Å². The molecule has 0 bridgehead atoms. The number of benzene rings is 1. The van der Waals surface area contributed by atoms with Gasteiger partial charge < -0.3 is 10.5 Å². The van der Waals surface area contributed by atoms with Crippen molar-refractivity contribution < 1.29 is 4.74 Å². The molecule has 1 unspecified atom stereocenters. The minimum Gasteiger partial charge on any atom is -0.496 e. The van der Waals surface area contributed by atoms with Crippen molar-refractivity contribution in [1.29, 1.82) is 0 Å². The lowest BCUT2D eigenvalue weighted by atomic mass is 9.96. The van der Waals surface area contributed by atoms with Gasteiger partial charge in [0.1, 0.15) is 5.75 Å². The van der Waals surface area contributed by atoms with Crippen LogP contribution in [-0.2, 0) is 6.42 Å². The molecule has 0 fully saturated rings. The van der Waals surface area contributed by atoms with Gasteiger partial charge in [0, 0.05) is 0 Å². The smallest absolute Gasteiger partial charge is 0.122 e. The van der Waals surface area contributed by atoms with Crippen molar-refractivity contribution in [2.24, 2.45) is 11.7 Å². The molecule has 0 aromatic heterocycles. The monoisotopic (exact) mass is 221 g/mol. The van der Waals surface area contributed by atoms with E-state index in [0.29, 0.717) is 5.92 Å². The van der Waals surface area contributed by atoms with Gasteiger partial charge in [-0.2, -0.15) is 0 Å². The molecule has 0 aliphatic heterocycles. The Bertz CT molecular complexity index is 347. The highest BCUT2D eigenvalue weighted by Crippen LogP contribution is 2.23. The second-order valence-electron chi connectivity index (χ2n) is 4.63. The van der Waals surface area contributed by atoms with Gasteiger partial charge in [0.2, 0.25) is 0 Å². The van der Waals surface area contributed by atoms with E-state index in [1.807, 2.05) is 0 Å². The Morgan fingerprint density at radius 3 is 2.50 bits per heavy atom. The first-order chi connectivity index (χ1) is 7.58. The molecule has 0 saturated carbocycles. The van der Waals surface area contributed by atoms with Gasteiger partial charge in [-0.15, -0.1) is 0 Å². The minimum atomic E-state index is 0.599. The van der Waals surface area contributed by atoms with Crippen molar-refractivity contribution in [3.63, 3.8) is 0 Å². The standard InChI is InChI=1S/C14H23NO/c1-10(9-15)5-6-13-7-12(3)14(16-4)8-11(13)2/h7-8,10H,5-6,9,15H2,1-4H3. The third-order valence-corrected chi connectivity index (χ3v) is 3.16. The predicted octanol–water partition coefficient (Wildman–Crippen LogP) is 2.84. The van der Waals surface area contributed by atoms with Crippen LogP contribution < -0.4 is 10.5 Å². The van der Waals surface area contributed by atoms with Crippen LogP contribution in [0.15, 0.2) is 12.1 Å². The average Bonchev–Trinajstić information content (AvgIpc) is 2.29. The van der Waals surface area contributed by atoms with E-state index in [2.05, 4.69) is 32.9 Å². The lowest BCUT2D eigenvalue weighted by Crippen LogP contribution is -2.11. The van der Waals surface area contributed by atoms with Crippen LogP contribution in [0.2, 0.25) is 0 Å². The Balaban J connectivity index is 2.77. The molecule has 2 heteroatoms. The molecule has 1 atom stereocenters. The lowest BCUT2D eigenvalue weighted by Gasteiger charge is -2.13. The Morgan fingerprint density at radius 2 is 1.94 bits per heavy atom. The van der Waals surface area contributed by atoms with Gasteiger partial charge in [0.25, 0.3) is 0 Å².